The van der Waals surface area contributed by atoms with Crippen LogP contribution in [0.5, 0.6) is 0 Å². The van der Waals surface area contributed by atoms with Gasteiger partial charge in [0.25, 0.3) is 5.91 Å². The molecule has 196 valence electrons. The maximum atomic E-state index is 12.7. The smallest absolute Gasteiger partial charge is 0.328 e. The molecule has 1 aliphatic heterocycles. The minimum Gasteiger partial charge on any atom is -0.460 e. The molecule has 2 rings (SSSR count). The summed E-state index contributed by atoms with van der Waals surface area (Å²) in [6.07, 6.45) is 7.27. The minimum absolute atomic E-state index is 0.0304. The first-order valence-electron chi connectivity index (χ1n) is 11.9. The Hall–Kier alpha value is -3.53. The van der Waals surface area contributed by atoms with E-state index in [9.17, 15) is 24.3 Å². The van der Waals surface area contributed by atoms with E-state index in [1.165, 1.54) is 19.1 Å². The summed E-state index contributed by atoms with van der Waals surface area (Å²) in [5.74, 6) is -2.20. The fourth-order valence-corrected chi connectivity index (χ4v) is 3.62. The molecule has 4 atom stereocenters. The zero-order valence-electron chi connectivity index (χ0n) is 21.3. The lowest BCUT2D eigenvalue weighted by Gasteiger charge is -2.27. The number of ether oxygens (including phenoxy) is 1. The van der Waals surface area contributed by atoms with Gasteiger partial charge < -0.3 is 24.9 Å². The molecular weight excluding hydrogens is 466 g/mol. The Kier molecular flexibility index (Phi) is 10.8. The van der Waals surface area contributed by atoms with E-state index in [-0.39, 0.29) is 54.5 Å². The van der Waals surface area contributed by atoms with Crippen molar-refractivity contribution in [1.29, 1.82) is 0 Å². The molecule has 0 fully saturated rings. The molecular formula is C26H35N3O7. The lowest BCUT2D eigenvalue weighted by molar-refractivity contribution is -0.155. The largest absolute Gasteiger partial charge is 0.460 e. The molecule has 3 N–H and O–H groups in total. The van der Waals surface area contributed by atoms with E-state index in [0.29, 0.717) is 0 Å². The van der Waals surface area contributed by atoms with Crippen molar-refractivity contribution in [2.75, 3.05) is 6.54 Å². The van der Waals surface area contributed by atoms with Gasteiger partial charge in [0.2, 0.25) is 11.8 Å². The first-order chi connectivity index (χ1) is 17.0. The summed E-state index contributed by atoms with van der Waals surface area (Å²) < 4.78 is 10.9. The molecule has 36 heavy (non-hydrogen) atoms. The summed E-state index contributed by atoms with van der Waals surface area (Å²) >= 11 is 0. The molecule has 0 spiro atoms. The Morgan fingerprint density at radius 2 is 1.86 bits per heavy atom. The quantitative estimate of drug-likeness (QED) is 0.495. The second-order valence-electron chi connectivity index (χ2n) is 9.23. The van der Waals surface area contributed by atoms with Gasteiger partial charge in [-0.2, -0.15) is 0 Å². The van der Waals surface area contributed by atoms with Crippen LogP contribution >= 0.6 is 0 Å². The number of ketones is 1. The van der Waals surface area contributed by atoms with Gasteiger partial charge >= 0.3 is 5.97 Å². The van der Waals surface area contributed by atoms with Crippen LogP contribution in [0.2, 0.25) is 0 Å². The van der Waals surface area contributed by atoms with Crippen LogP contribution in [0, 0.1) is 11.8 Å². The molecule has 1 aromatic rings. The number of rotatable bonds is 1. The van der Waals surface area contributed by atoms with Crippen LogP contribution in [0.3, 0.4) is 0 Å². The van der Waals surface area contributed by atoms with E-state index in [0.717, 1.165) is 11.8 Å². The minimum atomic E-state index is -1.01. The molecule has 0 radical (unpaired) electrons. The number of aliphatic hydroxyl groups is 1. The lowest BCUT2D eigenvalue weighted by atomic mass is 9.94. The number of amides is 2. The summed E-state index contributed by atoms with van der Waals surface area (Å²) in [6.45, 7) is 9.15. The number of esters is 1. The van der Waals surface area contributed by atoms with Crippen molar-refractivity contribution < 1.29 is 33.4 Å². The average molecular weight is 502 g/mol. The summed E-state index contributed by atoms with van der Waals surface area (Å²) in [4.78, 5) is 53.7. The van der Waals surface area contributed by atoms with Crippen LogP contribution in [-0.2, 0) is 25.5 Å². The van der Waals surface area contributed by atoms with E-state index >= 15 is 0 Å². The summed E-state index contributed by atoms with van der Waals surface area (Å²) in [5, 5.41) is 15.4. The Morgan fingerprint density at radius 1 is 1.14 bits per heavy atom. The standard InChI is InChI=1S/C26H35N3O7/c1-15(2)24-17(4)8-9-22(32)27-10-6-7-16(3)11-19(30)12-20(31)13-23-29-21(14-35-23)25(33)28-18(5)26(34)36-24/h6-9,11,14-15,17-19,24,30H,10,12-13H2,1-5H3,(H,27,32)(H,28,33)/b7-6-,9-8-,16-11-/t17-,18-,19-,24-/m1/s1. The molecule has 10 nitrogen and oxygen atoms in total. The second kappa shape index (κ2) is 13.5. The van der Waals surface area contributed by atoms with E-state index in [4.69, 9.17) is 9.15 Å². The van der Waals surface area contributed by atoms with Crippen molar-refractivity contribution in [1.82, 2.24) is 15.6 Å². The number of oxazole rings is 1. The first-order valence-corrected chi connectivity index (χ1v) is 11.9. The van der Waals surface area contributed by atoms with Gasteiger partial charge in [0.1, 0.15) is 24.2 Å². The highest BCUT2D eigenvalue weighted by molar-refractivity contribution is 5.95. The topological polar surface area (TPSA) is 148 Å². The predicted octanol–water partition coefficient (Wildman–Crippen LogP) is 2.05. The van der Waals surface area contributed by atoms with Gasteiger partial charge in [-0.15, -0.1) is 0 Å². The second-order valence-corrected chi connectivity index (χ2v) is 9.23. The third kappa shape index (κ3) is 9.26. The van der Waals surface area contributed by atoms with Crippen LogP contribution in [0.4, 0.5) is 0 Å². The van der Waals surface area contributed by atoms with E-state index < -0.39 is 30.1 Å². The Labute approximate surface area is 210 Å². The molecule has 0 unspecified atom stereocenters. The maximum Gasteiger partial charge on any atom is 0.328 e. The third-order valence-corrected chi connectivity index (χ3v) is 5.48. The fourth-order valence-electron chi connectivity index (χ4n) is 3.62. The van der Waals surface area contributed by atoms with Gasteiger partial charge in [-0.3, -0.25) is 14.4 Å². The Bertz CT molecular complexity index is 1040. The maximum absolute atomic E-state index is 12.7. The molecule has 0 aliphatic carbocycles. The molecule has 10 heteroatoms. The molecule has 2 heterocycles. The number of carbonyl (C=O) groups is 4. The van der Waals surface area contributed by atoms with Crippen molar-refractivity contribution in [2.45, 2.75) is 65.7 Å². The van der Waals surface area contributed by atoms with Gasteiger partial charge in [0, 0.05) is 18.9 Å². The predicted molar refractivity (Wildman–Crippen MR) is 132 cm³/mol. The molecule has 0 saturated heterocycles. The zero-order chi connectivity index (χ0) is 26.8. The number of Topliss-reactive ketones (excluding diaryl/α,β-unsaturated/α-hetero) is 1. The van der Waals surface area contributed by atoms with E-state index in [2.05, 4.69) is 15.6 Å². The lowest BCUT2D eigenvalue weighted by Crippen LogP contribution is -2.42. The van der Waals surface area contributed by atoms with Crippen LogP contribution < -0.4 is 10.6 Å². The number of cyclic esters (lactones) is 1. The number of allylic oxidation sites excluding steroid dienone is 2. The first kappa shape index (κ1) is 28.7. The van der Waals surface area contributed by atoms with Gasteiger partial charge in [-0.1, -0.05) is 50.6 Å². The van der Waals surface area contributed by atoms with E-state index in [1.807, 2.05) is 20.8 Å². The highest BCUT2D eigenvalue weighted by atomic mass is 16.5. The SMILES string of the molecule is CC1=C/[C@@H](O)CC(=O)Cc2nc(co2)C(=O)N[C@H](C)C(=O)O[C@H](C(C)C)[C@H](C)/C=C\C(=O)NC/C=C\1. The van der Waals surface area contributed by atoms with Crippen LogP contribution in [0.1, 0.15) is 57.4 Å². The van der Waals surface area contributed by atoms with Crippen molar-refractivity contribution >= 4 is 23.6 Å². The van der Waals surface area contributed by atoms with Crippen LogP contribution in [0.25, 0.3) is 0 Å². The highest BCUT2D eigenvalue weighted by Crippen LogP contribution is 2.19. The molecule has 2 amide bonds. The fraction of sp³-hybridized carbons (Fsp3) is 0.500. The van der Waals surface area contributed by atoms with E-state index in [1.54, 1.807) is 25.2 Å². The van der Waals surface area contributed by atoms with Gasteiger partial charge in [-0.05, 0) is 25.8 Å². The number of nitrogens with zero attached hydrogens (tertiary/aromatic N) is 1. The van der Waals surface area contributed by atoms with Crippen molar-refractivity contribution in [3.63, 3.8) is 0 Å². The average Bonchev–Trinajstić information content (AvgIpc) is 3.25. The van der Waals surface area contributed by atoms with Crippen LogP contribution in [-0.4, -0.2) is 58.5 Å². The molecule has 0 aromatic carbocycles. The van der Waals surface area contributed by atoms with Gasteiger partial charge in [-0.25, -0.2) is 9.78 Å². The summed E-state index contributed by atoms with van der Waals surface area (Å²) in [7, 11) is 0. The van der Waals surface area contributed by atoms with Crippen molar-refractivity contribution in [3.05, 3.63) is 53.8 Å². The number of fused-ring (bicyclic) bond motifs is 2. The highest BCUT2D eigenvalue weighted by Gasteiger charge is 2.28. The number of aliphatic hydroxyl groups excluding tert-OH is 1. The summed E-state index contributed by atoms with van der Waals surface area (Å²) in [5.41, 5.74) is 0.637. The molecule has 1 aromatic heterocycles. The normalized spacial score (nSPS) is 28.9. The monoisotopic (exact) mass is 501 g/mol. The number of carbonyl (C=O) groups excluding carboxylic acids is 4. The molecule has 0 saturated carbocycles. The molecule has 1 aliphatic rings. The zero-order valence-corrected chi connectivity index (χ0v) is 21.3. The van der Waals surface area contributed by atoms with Crippen molar-refractivity contribution in [3.8, 4) is 0 Å². The van der Waals surface area contributed by atoms with Gasteiger partial charge in [0.15, 0.2) is 5.69 Å². The molecule has 2 bridgehead atoms. The number of hydrogen-bond acceptors (Lipinski definition) is 8. The number of aromatic nitrogens is 1. The van der Waals surface area contributed by atoms with Crippen LogP contribution in [0.15, 0.2) is 46.6 Å². The third-order valence-electron chi connectivity index (χ3n) is 5.48. The summed E-state index contributed by atoms with van der Waals surface area (Å²) in [6, 6.07) is -0.974. The Morgan fingerprint density at radius 3 is 2.56 bits per heavy atom. The van der Waals surface area contributed by atoms with Gasteiger partial charge in [0.05, 0.1) is 12.5 Å². The van der Waals surface area contributed by atoms with Crippen molar-refractivity contribution in [2.24, 2.45) is 11.8 Å². The number of hydrogen-bond donors (Lipinski definition) is 3. The Balaban J connectivity index is 2.25. The number of nitrogens with one attached hydrogen (secondary N) is 2.